The summed E-state index contributed by atoms with van der Waals surface area (Å²) in [4.78, 5) is 0. The lowest BCUT2D eigenvalue weighted by Crippen LogP contribution is -2.25. The fraction of sp³-hybridized carbons (Fsp3) is 0.500. The number of benzene rings is 1. The van der Waals surface area contributed by atoms with Crippen LogP contribution in [0.3, 0.4) is 0 Å². The van der Waals surface area contributed by atoms with E-state index in [0.29, 0.717) is 6.61 Å². The number of ether oxygens (including phenoxy) is 1. The summed E-state index contributed by atoms with van der Waals surface area (Å²) in [7, 11) is 0. The summed E-state index contributed by atoms with van der Waals surface area (Å²) in [5, 5.41) is 3.27. The second kappa shape index (κ2) is 5.61. The van der Waals surface area contributed by atoms with Gasteiger partial charge in [0, 0.05) is 18.3 Å². The van der Waals surface area contributed by atoms with E-state index in [-0.39, 0.29) is 6.04 Å². The van der Waals surface area contributed by atoms with E-state index in [1.165, 1.54) is 0 Å². The molecule has 0 saturated heterocycles. The number of nitrogens with two attached hydrogens (primary N) is 1. The first-order chi connectivity index (χ1) is 7.13. The molecule has 1 aromatic rings. The summed E-state index contributed by atoms with van der Waals surface area (Å²) < 4.78 is 5.46. The van der Waals surface area contributed by atoms with Gasteiger partial charge in [-0.15, -0.1) is 0 Å². The lowest BCUT2D eigenvalue weighted by molar-refractivity contribution is 0.338. The minimum Gasteiger partial charge on any atom is -0.494 e. The van der Waals surface area contributed by atoms with E-state index in [2.05, 4.69) is 11.4 Å². The van der Waals surface area contributed by atoms with Crippen molar-refractivity contribution in [3.05, 3.63) is 23.8 Å². The molecule has 0 bridgehead atoms. The monoisotopic (exact) mass is 208 g/mol. The fourth-order valence-electron chi connectivity index (χ4n) is 1.36. The highest BCUT2D eigenvalue weighted by Gasteiger charge is 2.00. The van der Waals surface area contributed by atoms with E-state index < -0.39 is 0 Å². The number of nitrogens with one attached hydrogen (secondary N) is 1. The summed E-state index contributed by atoms with van der Waals surface area (Å²) in [6.45, 7) is 7.50. The predicted molar refractivity (Wildman–Crippen MR) is 64.5 cm³/mol. The van der Waals surface area contributed by atoms with Gasteiger partial charge in [0.05, 0.1) is 6.61 Å². The average Bonchev–Trinajstić information content (AvgIpc) is 2.19. The maximum Gasteiger partial charge on any atom is 0.122 e. The second-order valence-electron chi connectivity index (χ2n) is 3.77. The van der Waals surface area contributed by atoms with Crippen LogP contribution in [0.15, 0.2) is 18.2 Å². The molecule has 0 radical (unpaired) electrons. The standard InChI is InChI=1S/C12H20N2O/c1-4-15-12-6-5-11(7-9(12)2)14-8-10(3)13/h5-7,10,14H,4,8,13H2,1-3H3. The number of hydrogen-bond donors (Lipinski definition) is 2. The van der Waals surface area contributed by atoms with Gasteiger partial charge in [-0.1, -0.05) is 0 Å². The molecular formula is C12H20N2O. The Morgan fingerprint density at radius 2 is 2.20 bits per heavy atom. The summed E-state index contributed by atoms with van der Waals surface area (Å²) in [5.74, 6) is 0.948. The summed E-state index contributed by atoms with van der Waals surface area (Å²) in [5.41, 5.74) is 7.90. The highest BCUT2D eigenvalue weighted by molar-refractivity contribution is 5.50. The van der Waals surface area contributed by atoms with Crippen LogP contribution in [0.4, 0.5) is 5.69 Å². The zero-order valence-electron chi connectivity index (χ0n) is 9.71. The Kier molecular flexibility index (Phi) is 4.43. The van der Waals surface area contributed by atoms with Gasteiger partial charge in [0.1, 0.15) is 5.75 Å². The Hall–Kier alpha value is -1.22. The molecule has 15 heavy (non-hydrogen) atoms. The lowest BCUT2D eigenvalue weighted by atomic mass is 10.2. The van der Waals surface area contributed by atoms with Crippen molar-refractivity contribution in [3.63, 3.8) is 0 Å². The molecule has 0 amide bonds. The number of aryl methyl sites for hydroxylation is 1. The van der Waals surface area contributed by atoms with Crippen molar-refractivity contribution in [3.8, 4) is 5.75 Å². The third-order valence-corrected chi connectivity index (χ3v) is 2.10. The molecule has 3 heteroatoms. The topological polar surface area (TPSA) is 47.3 Å². The Balaban J connectivity index is 2.64. The highest BCUT2D eigenvalue weighted by Crippen LogP contribution is 2.21. The number of hydrogen-bond acceptors (Lipinski definition) is 3. The van der Waals surface area contributed by atoms with Crippen LogP contribution in [0.1, 0.15) is 19.4 Å². The van der Waals surface area contributed by atoms with Crippen LogP contribution in [-0.4, -0.2) is 19.2 Å². The first-order valence-electron chi connectivity index (χ1n) is 5.36. The first kappa shape index (κ1) is 11.9. The Bertz CT molecular complexity index is 310. The average molecular weight is 208 g/mol. The summed E-state index contributed by atoms with van der Waals surface area (Å²) in [6, 6.07) is 6.24. The fourth-order valence-corrected chi connectivity index (χ4v) is 1.36. The molecule has 0 aromatic heterocycles. The van der Waals surface area contributed by atoms with Crippen molar-refractivity contribution in [2.75, 3.05) is 18.5 Å². The predicted octanol–water partition coefficient (Wildman–Crippen LogP) is 2.15. The maximum atomic E-state index is 5.67. The quantitative estimate of drug-likeness (QED) is 0.779. The molecule has 1 rings (SSSR count). The van der Waals surface area contributed by atoms with Crippen LogP contribution < -0.4 is 15.8 Å². The van der Waals surface area contributed by atoms with Crippen LogP contribution in [0.25, 0.3) is 0 Å². The third-order valence-electron chi connectivity index (χ3n) is 2.10. The molecule has 0 aliphatic heterocycles. The van der Waals surface area contributed by atoms with Crippen molar-refractivity contribution >= 4 is 5.69 Å². The van der Waals surface area contributed by atoms with Gasteiger partial charge in [0.15, 0.2) is 0 Å². The van der Waals surface area contributed by atoms with Gasteiger partial charge in [-0.05, 0) is 44.5 Å². The molecule has 0 spiro atoms. The molecule has 84 valence electrons. The zero-order valence-corrected chi connectivity index (χ0v) is 9.71. The number of anilines is 1. The van der Waals surface area contributed by atoms with E-state index in [9.17, 15) is 0 Å². The minimum absolute atomic E-state index is 0.164. The smallest absolute Gasteiger partial charge is 0.122 e. The lowest BCUT2D eigenvalue weighted by Gasteiger charge is -2.12. The van der Waals surface area contributed by atoms with Gasteiger partial charge in [0.25, 0.3) is 0 Å². The van der Waals surface area contributed by atoms with Gasteiger partial charge in [-0.2, -0.15) is 0 Å². The second-order valence-corrected chi connectivity index (χ2v) is 3.77. The summed E-state index contributed by atoms with van der Waals surface area (Å²) in [6.07, 6.45) is 0. The van der Waals surface area contributed by atoms with E-state index >= 15 is 0 Å². The normalized spacial score (nSPS) is 12.3. The van der Waals surface area contributed by atoms with E-state index in [1.807, 2.05) is 32.9 Å². The zero-order chi connectivity index (χ0) is 11.3. The largest absolute Gasteiger partial charge is 0.494 e. The third kappa shape index (κ3) is 3.80. The van der Waals surface area contributed by atoms with Gasteiger partial charge >= 0.3 is 0 Å². The molecule has 3 nitrogen and oxygen atoms in total. The molecular weight excluding hydrogens is 188 g/mol. The minimum atomic E-state index is 0.164. The van der Waals surface area contributed by atoms with Crippen molar-refractivity contribution in [2.24, 2.45) is 5.73 Å². The highest BCUT2D eigenvalue weighted by atomic mass is 16.5. The van der Waals surface area contributed by atoms with E-state index in [4.69, 9.17) is 10.5 Å². The van der Waals surface area contributed by atoms with Gasteiger partial charge in [0.2, 0.25) is 0 Å². The molecule has 1 aromatic carbocycles. The molecule has 0 saturated carbocycles. The van der Waals surface area contributed by atoms with Gasteiger partial charge in [-0.3, -0.25) is 0 Å². The summed E-state index contributed by atoms with van der Waals surface area (Å²) >= 11 is 0. The maximum absolute atomic E-state index is 5.67. The van der Waals surface area contributed by atoms with E-state index in [1.54, 1.807) is 0 Å². The van der Waals surface area contributed by atoms with Gasteiger partial charge < -0.3 is 15.8 Å². The van der Waals surface area contributed by atoms with Crippen LogP contribution >= 0.6 is 0 Å². The Morgan fingerprint density at radius 3 is 2.73 bits per heavy atom. The van der Waals surface area contributed by atoms with Crippen LogP contribution in [0.5, 0.6) is 5.75 Å². The van der Waals surface area contributed by atoms with Crippen molar-refractivity contribution in [1.29, 1.82) is 0 Å². The van der Waals surface area contributed by atoms with Crippen LogP contribution in [-0.2, 0) is 0 Å². The molecule has 0 heterocycles. The van der Waals surface area contributed by atoms with E-state index in [0.717, 1.165) is 23.5 Å². The Morgan fingerprint density at radius 1 is 1.47 bits per heavy atom. The van der Waals surface area contributed by atoms with Crippen LogP contribution in [0.2, 0.25) is 0 Å². The SMILES string of the molecule is CCOc1ccc(NCC(C)N)cc1C. The molecule has 1 unspecified atom stereocenters. The Labute approximate surface area is 91.6 Å². The molecule has 3 N–H and O–H groups in total. The number of rotatable bonds is 5. The molecule has 0 aliphatic carbocycles. The van der Waals surface area contributed by atoms with Gasteiger partial charge in [-0.25, -0.2) is 0 Å². The van der Waals surface area contributed by atoms with Crippen LogP contribution in [0, 0.1) is 6.92 Å². The molecule has 1 atom stereocenters. The first-order valence-corrected chi connectivity index (χ1v) is 5.36. The molecule has 0 aliphatic rings. The molecule has 0 fully saturated rings. The van der Waals surface area contributed by atoms with Crippen molar-refractivity contribution < 1.29 is 4.74 Å². The van der Waals surface area contributed by atoms with Crippen molar-refractivity contribution in [1.82, 2.24) is 0 Å². The van der Waals surface area contributed by atoms with Crippen molar-refractivity contribution in [2.45, 2.75) is 26.8 Å².